The van der Waals surface area contributed by atoms with Gasteiger partial charge in [-0.15, -0.1) is 0 Å². The highest BCUT2D eigenvalue weighted by atomic mass is 35.5. The van der Waals surface area contributed by atoms with Crippen molar-refractivity contribution in [2.24, 2.45) is 0 Å². The van der Waals surface area contributed by atoms with Crippen LogP contribution in [-0.2, 0) is 20.9 Å². The smallest absolute Gasteiger partial charge is 0.244 e. The Bertz CT molecular complexity index is 1180. The number of para-hydroxylation sites is 2. The SMILES string of the molecule is Cc1nccn1CCC(=O)N1CCOCCOc2ccccc2Oc2ccc(Cl)cc2NC(=O)C1. The van der Waals surface area contributed by atoms with E-state index in [1.165, 1.54) is 4.90 Å². The number of nitrogens with one attached hydrogen (secondary N) is 1. The number of hydrogen-bond donors (Lipinski definition) is 1. The Balaban J connectivity index is 1.52. The Morgan fingerprint density at radius 2 is 1.94 bits per heavy atom. The maximum absolute atomic E-state index is 13.0. The Hall–Kier alpha value is -3.56. The van der Waals surface area contributed by atoms with Crippen molar-refractivity contribution in [1.29, 1.82) is 0 Å². The molecule has 2 amide bonds. The van der Waals surface area contributed by atoms with Crippen LogP contribution in [0.4, 0.5) is 5.69 Å². The van der Waals surface area contributed by atoms with Crippen LogP contribution in [0.1, 0.15) is 12.2 Å². The lowest BCUT2D eigenvalue weighted by molar-refractivity contribution is -0.135. The molecule has 0 bridgehead atoms. The molecule has 9 nitrogen and oxygen atoms in total. The first-order valence-corrected chi connectivity index (χ1v) is 11.7. The van der Waals surface area contributed by atoms with Crippen molar-refractivity contribution in [3.05, 3.63) is 65.7 Å². The first-order valence-electron chi connectivity index (χ1n) is 11.3. The number of carbonyl (C=O) groups excluding carboxylic acids is 2. The van der Waals surface area contributed by atoms with Crippen LogP contribution in [0, 0.1) is 6.92 Å². The molecule has 0 aliphatic carbocycles. The largest absolute Gasteiger partial charge is 0.487 e. The minimum Gasteiger partial charge on any atom is -0.487 e. The van der Waals surface area contributed by atoms with Gasteiger partial charge in [0.05, 0.1) is 25.4 Å². The summed E-state index contributed by atoms with van der Waals surface area (Å²) < 4.78 is 19.5. The van der Waals surface area contributed by atoms with Crippen LogP contribution < -0.4 is 14.8 Å². The highest BCUT2D eigenvalue weighted by Crippen LogP contribution is 2.36. The van der Waals surface area contributed by atoms with E-state index in [0.717, 1.165) is 5.82 Å². The number of benzene rings is 2. The average Bonchev–Trinajstić information content (AvgIpc) is 3.25. The Morgan fingerprint density at radius 1 is 1.11 bits per heavy atom. The number of halogens is 1. The average molecular weight is 499 g/mol. The summed E-state index contributed by atoms with van der Waals surface area (Å²) in [6.07, 6.45) is 3.74. The molecule has 35 heavy (non-hydrogen) atoms. The van der Waals surface area contributed by atoms with Crippen molar-refractivity contribution in [3.8, 4) is 17.2 Å². The molecule has 0 radical (unpaired) electrons. The molecule has 10 heteroatoms. The number of ether oxygens (including phenoxy) is 3. The number of fused-ring (bicyclic) bond motifs is 2. The summed E-state index contributed by atoms with van der Waals surface area (Å²) in [4.78, 5) is 31.6. The zero-order valence-corrected chi connectivity index (χ0v) is 20.2. The first-order chi connectivity index (χ1) is 17.0. The van der Waals surface area contributed by atoms with Gasteiger partial charge in [-0.25, -0.2) is 4.98 Å². The number of amides is 2. The van der Waals surface area contributed by atoms with Gasteiger partial charge in [0.2, 0.25) is 11.8 Å². The molecule has 0 fully saturated rings. The van der Waals surface area contributed by atoms with E-state index in [4.69, 9.17) is 25.8 Å². The van der Waals surface area contributed by atoms with E-state index in [2.05, 4.69) is 10.3 Å². The van der Waals surface area contributed by atoms with Crippen LogP contribution in [0.3, 0.4) is 0 Å². The summed E-state index contributed by atoms with van der Waals surface area (Å²) in [5.41, 5.74) is 0.393. The number of nitrogens with zero attached hydrogens (tertiary/aromatic N) is 3. The van der Waals surface area contributed by atoms with E-state index >= 15 is 0 Å². The molecular formula is C25H27ClN4O5. The van der Waals surface area contributed by atoms with Gasteiger partial charge >= 0.3 is 0 Å². The third kappa shape index (κ3) is 6.74. The van der Waals surface area contributed by atoms with Crippen molar-refractivity contribution < 1.29 is 23.8 Å². The molecular weight excluding hydrogens is 472 g/mol. The van der Waals surface area contributed by atoms with Gasteiger partial charge in [0.15, 0.2) is 17.2 Å². The highest BCUT2D eigenvalue weighted by Gasteiger charge is 2.20. The number of anilines is 1. The molecule has 0 unspecified atom stereocenters. The Morgan fingerprint density at radius 3 is 2.74 bits per heavy atom. The maximum Gasteiger partial charge on any atom is 0.244 e. The lowest BCUT2D eigenvalue weighted by Crippen LogP contribution is -2.40. The summed E-state index contributed by atoms with van der Waals surface area (Å²) in [5.74, 6) is 1.73. The fourth-order valence-corrected chi connectivity index (χ4v) is 3.79. The first kappa shape index (κ1) is 24.6. The fourth-order valence-electron chi connectivity index (χ4n) is 3.62. The molecule has 3 aromatic rings. The summed E-state index contributed by atoms with van der Waals surface area (Å²) in [5, 5.41) is 3.26. The lowest BCUT2D eigenvalue weighted by atomic mass is 10.2. The monoisotopic (exact) mass is 498 g/mol. The van der Waals surface area contributed by atoms with Crippen LogP contribution in [0.2, 0.25) is 5.02 Å². The second-order valence-corrected chi connectivity index (χ2v) is 8.37. The van der Waals surface area contributed by atoms with Gasteiger partial charge < -0.3 is 29.0 Å². The zero-order chi connectivity index (χ0) is 24.6. The quantitative estimate of drug-likeness (QED) is 0.588. The number of imidazole rings is 1. The molecule has 4 rings (SSSR count). The molecule has 1 N–H and O–H groups in total. The van der Waals surface area contributed by atoms with Gasteiger partial charge in [-0.1, -0.05) is 23.7 Å². The maximum atomic E-state index is 13.0. The number of aromatic nitrogens is 2. The van der Waals surface area contributed by atoms with Crippen molar-refractivity contribution >= 4 is 29.1 Å². The van der Waals surface area contributed by atoms with Crippen molar-refractivity contribution in [2.75, 3.05) is 38.2 Å². The molecule has 1 aliphatic heterocycles. The zero-order valence-electron chi connectivity index (χ0n) is 19.4. The van der Waals surface area contributed by atoms with E-state index in [9.17, 15) is 9.59 Å². The van der Waals surface area contributed by atoms with Crippen LogP contribution in [-0.4, -0.2) is 59.2 Å². The lowest BCUT2D eigenvalue weighted by Gasteiger charge is -2.23. The number of aryl methyl sites for hydroxylation is 2. The van der Waals surface area contributed by atoms with Crippen molar-refractivity contribution in [3.63, 3.8) is 0 Å². The molecule has 184 valence electrons. The van der Waals surface area contributed by atoms with Crippen LogP contribution >= 0.6 is 11.6 Å². The molecule has 0 spiro atoms. The topological polar surface area (TPSA) is 94.9 Å². The van der Waals surface area contributed by atoms with Crippen molar-refractivity contribution in [1.82, 2.24) is 14.5 Å². The third-order valence-electron chi connectivity index (χ3n) is 5.45. The summed E-state index contributed by atoms with van der Waals surface area (Å²) in [7, 11) is 0. The van der Waals surface area contributed by atoms with E-state index in [0.29, 0.717) is 47.7 Å². The van der Waals surface area contributed by atoms with E-state index in [1.807, 2.05) is 29.8 Å². The van der Waals surface area contributed by atoms with Crippen LogP contribution in [0.15, 0.2) is 54.9 Å². The Kier molecular flexibility index (Phi) is 8.23. The Labute approximate surface area is 208 Å². The summed E-state index contributed by atoms with van der Waals surface area (Å²) in [6, 6.07) is 12.2. The van der Waals surface area contributed by atoms with Gasteiger partial charge in [-0.3, -0.25) is 9.59 Å². The minimum atomic E-state index is -0.372. The standard InChI is InChI=1S/C25H27ClN4O5/c1-18-27-9-11-29(18)10-8-25(32)30-12-13-33-14-15-34-22-4-2-3-5-23(22)35-21-7-6-19(26)16-20(21)28-24(31)17-30/h2-7,9,11,16H,8,10,12-15,17H2,1H3,(H,28,31). The fraction of sp³-hybridized carbons (Fsp3) is 0.320. The van der Waals surface area contributed by atoms with E-state index in [-0.39, 0.29) is 37.9 Å². The normalized spacial score (nSPS) is 14.9. The predicted octanol–water partition coefficient (Wildman–Crippen LogP) is 3.90. The van der Waals surface area contributed by atoms with Gasteiger partial charge in [0.1, 0.15) is 12.4 Å². The second-order valence-electron chi connectivity index (χ2n) is 7.93. The van der Waals surface area contributed by atoms with Gasteiger partial charge in [0, 0.05) is 36.9 Å². The number of hydrogen-bond acceptors (Lipinski definition) is 6. The predicted molar refractivity (Wildman–Crippen MR) is 131 cm³/mol. The van der Waals surface area contributed by atoms with Crippen LogP contribution in [0.25, 0.3) is 0 Å². The van der Waals surface area contributed by atoms with Crippen molar-refractivity contribution in [2.45, 2.75) is 19.9 Å². The molecule has 0 saturated heterocycles. The number of carbonyl (C=O) groups is 2. The molecule has 2 heterocycles. The van der Waals surface area contributed by atoms with Gasteiger partial charge in [-0.2, -0.15) is 0 Å². The molecule has 0 saturated carbocycles. The minimum absolute atomic E-state index is 0.135. The van der Waals surface area contributed by atoms with Crippen LogP contribution in [0.5, 0.6) is 17.2 Å². The highest BCUT2D eigenvalue weighted by molar-refractivity contribution is 6.31. The van der Waals surface area contributed by atoms with Gasteiger partial charge in [0.25, 0.3) is 0 Å². The second kappa shape index (κ2) is 11.7. The van der Waals surface area contributed by atoms with E-state index < -0.39 is 0 Å². The molecule has 1 aromatic heterocycles. The van der Waals surface area contributed by atoms with E-state index in [1.54, 1.807) is 36.5 Å². The summed E-state index contributed by atoms with van der Waals surface area (Å²) in [6.45, 7) is 3.38. The summed E-state index contributed by atoms with van der Waals surface area (Å²) >= 11 is 6.18. The number of rotatable bonds is 3. The molecule has 1 aliphatic rings. The van der Waals surface area contributed by atoms with Gasteiger partial charge in [-0.05, 0) is 37.3 Å². The molecule has 2 aromatic carbocycles. The molecule has 0 atom stereocenters. The third-order valence-corrected chi connectivity index (χ3v) is 5.69.